The number of rotatable bonds is 4. The Labute approximate surface area is 181 Å². The number of aromatic amines is 1. The van der Waals surface area contributed by atoms with Crippen molar-refractivity contribution in [3.63, 3.8) is 0 Å². The third-order valence-electron chi connectivity index (χ3n) is 5.77. The maximum Gasteiger partial charge on any atom is 0.244 e. The van der Waals surface area contributed by atoms with Gasteiger partial charge in [0.2, 0.25) is 10.0 Å². The van der Waals surface area contributed by atoms with Crippen LogP contribution in [-0.2, 0) is 16.4 Å². The van der Waals surface area contributed by atoms with Crippen LogP contribution in [0.15, 0.2) is 88.7 Å². The van der Waals surface area contributed by atoms with Crippen molar-refractivity contribution in [2.75, 3.05) is 12.8 Å². The molecule has 0 saturated carbocycles. The van der Waals surface area contributed by atoms with Gasteiger partial charge in [-0.2, -0.15) is 4.31 Å². The Morgan fingerprint density at radius 2 is 1.63 bits per heavy atom. The van der Waals surface area contributed by atoms with Crippen molar-refractivity contribution in [2.45, 2.75) is 22.3 Å². The third kappa shape index (κ3) is 3.16. The fourth-order valence-corrected chi connectivity index (χ4v) is 6.34. The van der Waals surface area contributed by atoms with E-state index in [4.69, 9.17) is 0 Å². The topological polar surface area (TPSA) is 53.2 Å². The molecule has 0 unspecified atom stereocenters. The summed E-state index contributed by atoms with van der Waals surface area (Å²) < 4.78 is 28.9. The molecule has 0 amide bonds. The summed E-state index contributed by atoms with van der Waals surface area (Å²) in [5.41, 5.74) is 4.20. The van der Waals surface area contributed by atoms with E-state index in [0.29, 0.717) is 17.9 Å². The van der Waals surface area contributed by atoms with Gasteiger partial charge < -0.3 is 4.98 Å². The average Bonchev–Trinajstić information content (AvgIpc) is 3.18. The number of H-pyrrole nitrogens is 1. The smallest absolute Gasteiger partial charge is 0.244 e. The first kappa shape index (κ1) is 19.4. The fraction of sp³-hybridized carbons (Fsp3) is 0.167. The summed E-state index contributed by atoms with van der Waals surface area (Å²) >= 11 is 1.68. The first-order valence-electron chi connectivity index (χ1n) is 9.90. The van der Waals surface area contributed by atoms with Crippen LogP contribution >= 0.6 is 11.8 Å². The Hall–Kier alpha value is -2.54. The van der Waals surface area contributed by atoms with E-state index in [-0.39, 0.29) is 6.04 Å². The van der Waals surface area contributed by atoms with E-state index in [9.17, 15) is 8.42 Å². The number of hydrogen-bond acceptors (Lipinski definition) is 3. The molecule has 1 aliphatic heterocycles. The summed E-state index contributed by atoms with van der Waals surface area (Å²) in [6.07, 6.45) is 2.72. The van der Waals surface area contributed by atoms with Gasteiger partial charge in [-0.25, -0.2) is 8.42 Å². The van der Waals surface area contributed by atoms with Crippen molar-refractivity contribution in [1.29, 1.82) is 0 Å². The maximum absolute atomic E-state index is 13.6. The number of thioether (sulfide) groups is 1. The van der Waals surface area contributed by atoms with E-state index in [1.807, 2.05) is 36.6 Å². The highest BCUT2D eigenvalue weighted by atomic mass is 32.2. The lowest BCUT2D eigenvalue weighted by Crippen LogP contribution is -2.40. The van der Waals surface area contributed by atoms with Crippen LogP contribution in [0.25, 0.3) is 10.9 Å². The van der Waals surface area contributed by atoms with Crippen LogP contribution in [0.3, 0.4) is 0 Å². The van der Waals surface area contributed by atoms with E-state index in [1.165, 1.54) is 10.9 Å². The number of fused-ring (bicyclic) bond motifs is 3. The number of hydrogen-bond donors (Lipinski definition) is 1. The van der Waals surface area contributed by atoms with Crippen LogP contribution < -0.4 is 0 Å². The molecule has 152 valence electrons. The third-order valence-corrected chi connectivity index (χ3v) is 8.39. The van der Waals surface area contributed by atoms with Crippen molar-refractivity contribution in [2.24, 2.45) is 0 Å². The quantitative estimate of drug-likeness (QED) is 0.448. The molecule has 0 radical (unpaired) electrons. The minimum Gasteiger partial charge on any atom is -0.357 e. The summed E-state index contributed by atoms with van der Waals surface area (Å²) in [6, 6.07) is 24.7. The van der Waals surface area contributed by atoms with Gasteiger partial charge in [0.05, 0.1) is 10.9 Å². The predicted octanol–water partition coefficient (Wildman–Crippen LogP) is 5.23. The Bertz CT molecular complexity index is 1300. The molecule has 1 aromatic heterocycles. The molecule has 5 rings (SSSR count). The van der Waals surface area contributed by atoms with Gasteiger partial charge in [-0.05, 0) is 54.1 Å². The molecule has 1 atom stereocenters. The molecule has 3 aromatic carbocycles. The number of aromatic nitrogens is 1. The van der Waals surface area contributed by atoms with Crippen molar-refractivity contribution in [3.8, 4) is 0 Å². The van der Waals surface area contributed by atoms with Gasteiger partial charge in [-0.3, -0.25) is 0 Å². The van der Waals surface area contributed by atoms with Crippen molar-refractivity contribution < 1.29 is 8.42 Å². The second kappa shape index (κ2) is 7.61. The zero-order chi connectivity index (χ0) is 20.7. The number of nitrogens with zero attached hydrogens (tertiary/aromatic N) is 1. The van der Waals surface area contributed by atoms with Crippen LogP contribution in [-0.4, -0.2) is 30.5 Å². The molecular weight excluding hydrogens is 412 g/mol. The minimum absolute atomic E-state index is 0.329. The van der Waals surface area contributed by atoms with Crippen LogP contribution in [0.5, 0.6) is 0 Å². The molecule has 0 bridgehead atoms. The van der Waals surface area contributed by atoms with Crippen molar-refractivity contribution in [1.82, 2.24) is 9.29 Å². The summed E-state index contributed by atoms with van der Waals surface area (Å²) in [4.78, 5) is 5.02. The van der Waals surface area contributed by atoms with Gasteiger partial charge >= 0.3 is 0 Å². The SMILES string of the molecule is CSc1ccc([C@@H]2c3[nH]c4ccccc4c3CCN2S(=O)(=O)c2ccccc2)cc1. The Morgan fingerprint density at radius 1 is 0.933 bits per heavy atom. The minimum atomic E-state index is -3.65. The lowest BCUT2D eigenvalue weighted by Gasteiger charge is -2.35. The second-order valence-corrected chi connectivity index (χ2v) is 10.2. The number of nitrogens with one attached hydrogen (secondary N) is 1. The van der Waals surface area contributed by atoms with Gasteiger partial charge in [-0.1, -0.05) is 48.5 Å². The second-order valence-electron chi connectivity index (χ2n) is 7.42. The van der Waals surface area contributed by atoms with Gasteiger partial charge in [0, 0.05) is 28.0 Å². The first-order chi connectivity index (χ1) is 14.6. The molecule has 0 spiro atoms. The highest BCUT2D eigenvalue weighted by molar-refractivity contribution is 7.98. The van der Waals surface area contributed by atoms with E-state index in [1.54, 1.807) is 40.3 Å². The lowest BCUT2D eigenvalue weighted by atomic mass is 9.94. The summed E-state index contributed by atoms with van der Waals surface area (Å²) in [5, 5.41) is 1.18. The molecule has 0 aliphatic carbocycles. The van der Waals surface area contributed by atoms with Crippen LogP contribution in [0.2, 0.25) is 0 Å². The van der Waals surface area contributed by atoms with E-state index in [2.05, 4.69) is 29.2 Å². The molecule has 2 heterocycles. The highest BCUT2D eigenvalue weighted by Crippen LogP contribution is 2.41. The van der Waals surface area contributed by atoms with Gasteiger partial charge in [0.1, 0.15) is 0 Å². The van der Waals surface area contributed by atoms with E-state index >= 15 is 0 Å². The molecule has 30 heavy (non-hydrogen) atoms. The van der Waals surface area contributed by atoms with Crippen LogP contribution in [0.4, 0.5) is 0 Å². The summed E-state index contributed by atoms with van der Waals surface area (Å²) in [5.74, 6) is 0. The van der Waals surface area contributed by atoms with E-state index in [0.717, 1.165) is 21.7 Å². The molecule has 0 saturated heterocycles. The zero-order valence-corrected chi connectivity index (χ0v) is 18.2. The highest BCUT2D eigenvalue weighted by Gasteiger charge is 2.39. The first-order valence-corrected chi connectivity index (χ1v) is 12.6. The molecular formula is C24H22N2O2S2. The zero-order valence-electron chi connectivity index (χ0n) is 16.6. The Kier molecular flexibility index (Phi) is 4.93. The van der Waals surface area contributed by atoms with Crippen LogP contribution in [0.1, 0.15) is 22.9 Å². The number of benzene rings is 3. The van der Waals surface area contributed by atoms with Gasteiger partial charge in [-0.15, -0.1) is 11.8 Å². The fourth-order valence-electron chi connectivity index (χ4n) is 4.32. The lowest BCUT2D eigenvalue weighted by molar-refractivity contribution is 0.340. The van der Waals surface area contributed by atoms with Gasteiger partial charge in [0.25, 0.3) is 0 Å². The molecule has 1 N–H and O–H groups in total. The Balaban J connectivity index is 1.70. The van der Waals surface area contributed by atoms with E-state index < -0.39 is 10.0 Å². The Morgan fingerprint density at radius 3 is 2.37 bits per heavy atom. The number of para-hydroxylation sites is 1. The van der Waals surface area contributed by atoms with Crippen molar-refractivity contribution >= 4 is 32.7 Å². The monoisotopic (exact) mass is 434 g/mol. The molecule has 1 aliphatic rings. The maximum atomic E-state index is 13.6. The molecule has 4 aromatic rings. The standard InChI is InChI=1S/C24H22N2O2S2/c1-29-18-13-11-17(12-14-18)24-23-21(20-9-5-6-10-22(20)25-23)15-16-26(24)30(27,28)19-7-3-2-4-8-19/h2-14,24-25H,15-16H2,1H3/t24-/m1/s1. The molecule has 6 heteroatoms. The summed E-state index contributed by atoms with van der Waals surface area (Å²) in [7, 11) is -3.65. The molecule has 4 nitrogen and oxygen atoms in total. The largest absolute Gasteiger partial charge is 0.357 e. The predicted molar refractivity (Wildman–Crippen MR) is 122 cm³/mol. The molecule has 0 fully saturated rings. The average molecular weight is 435 g/mol. The normalized spacial score (nSPS) is 17.2. The number of sulfonamides is 1. The van der Waals surface area contributed by atoms with Crippen LogP contribution in [0, 0.1) is 0 Å². The van der Waals surface area contributed by atoms with Crippen molar-refractivity contribution in [3.05, 3.63) is 95.7 Å². The van der Waals surface area contributed by atoms with Gasteiger partial charge in [0.15, 0.2) is 0 Å². The summed E-state index contributed by atoms with van der Waals surface area (Å²) in [6.45, 7) is 0.445.